The number of hydrogen-bond acceptors (Lipinski definition) is 1. The minimum absolute atomic E-state index is 0.791. The molecule has 0 atom stereocenters. The van der Waals surface area contributed by atoms with E-state index < -0.39 is 0 Å². The molecule has 25 heavy (non-hydrogen) atoms. The van der Waals surface area contributed by atoms with Crippen molar-refractivity contribution in [3.8, 4) is 11.1 Å². The minimum atomic E-state index is 0.791. The number of fused-ring (bicyclic) bond motifs is 6. The van der Waals surface area contributed by atoms with Gasteiger partial charge in [-0.3, -0.25) is 0 Å². The number of rotatable bonds is 1. The Morgan fingerprint density at radius 3 is 1.52 bits per heavy atom. The van der Waals surface area contributed by atoms with E-state index in [0.717, 1.165) is 5.69 Å². The molecule has 118 valence electrons. The molecule has 0 unspecified atom stereocenters. The van der Waals surface area contributed by atoms with Gasteiger partial charge in [0.1, 0.15) is 0 Å². The van der Waals surface area contributed by atoms with Crippen LogP contribution in [0.5, 0.6) is 0 Å². The summed E-state index contributed by atoms with van der Waals surface area (Å²) in [6.45, 7) is 0. The summed E-state index contributed by atoms with van der Waals surface area (Å²) >= 11 is 0. The molecule has 1 heteroatoms. The minimum Gasteiger partial charge on any atom is -0.399 e. The van der Waals surface area contributed by atoms with Crippen LogP contribution in [0.2, 0.25) is 0 Å². The van der Waals surface area contributed by atoms with Gasteiger partial charge in [0.2, 0.25) is 0 Å². The van der Waals surface area contributed by atoms with Gasteiger partial charge in [0.05, 0.1) is 0 Å². The molecule has 0 saturated carbocycles. The molecular formula is C24H17N. The second-order valence-corrected chi connectivity index (χ2v) is 6.44. The maximum atomic E-state index is 5.88. The molecule has 0 aliphatic rings. The third-order valence-corrected chi connectivity index (χ3v) is 4.99. The number of anilines is 1. The molecular weight excluding hydrogens is 302 g/mol. The fraction of sp³-hybridized carbons (Fsp3) is 0. The first-order valence-corrected chi connectivity index (χ1v) is 8.51. The fourth-order valence-corrected chi connectivity index (χ4v) is 3.86. The first-order valence-electron chi connectivity index (χ1n) is 8.51. The van der Waals surface area contributed by atoms with E-state index >= 15 is 0 Å². The smallest absolute Gasteiger partial charge is 0.0314 e. The Kier molecular flexibility index (Phi) is 3.01. The molecule has 0 fully saturated rings. The van der Waals surface area contributed by atoms with Crippen LogP contribution in [0.3, 0.4) is 0 Å². The number of benzene rings is 5. The Morgan fingerprint density at radius 1 is 0.440 bits per heavy atom. The molecule has 0 amide bonds. The highest BCUT2D eigenvalue weighted by Gasteiger charge is 2.12. The SMILES string of the molecule is Nc1ccc(-c2cccc3c4ccccc4c4ccccc4c23)cc1. The molecule has 0 aliphatic heterocycles. The summed E-state index contributed by atoms with van der Waals surface area (Å²) in [4.78, 5) is 0. The van der Waals surface area contributed by atoms with Crippen molar-refractivity contribution >= 4 is 38.0 Å². The summed E-state index contributed by atoms with van der Waals surface area (Å²) in [5, 5.41) is 7.80. The zero-order valence-electron chi connectivity index (χ0n) is 13.7. The predicted octanol–water partition coefficient (Wildman–Crippen LogP) is 6.40. The average molecular weight is 319 g/mol. The van der Waals surface area contributed by atoms with Crippen molar-refractivity contribution in [1.82, 2.24) is 0 Å². The van der Waals surface area contributed by atoms with E-state index in [9.17, 15) is 0 Å². The van der Waals surface area contributed by atoms with Crippen LogP contribution in [0.15, 0.2) is 91.0 Å². The van der Waals surface area contributed by atoms with Gasteiger partial charge in [-0.25, -0.2) is 0 Å². The summed E-state index contributed by atoms with van der Waals surface area (Å²) in [5.74, 6) is 0. The summed E-state index contributed by atoms with van der Waals surface area (Å²) in [5.41, 5.74) is 9.12. The maximum Gasteiger partial charge on any atom is 0.0314 e. The van der Waals surface area contributed by atoms with Crippen LogP contribution in [-0.2, 0) is 0 Å². The highest BCUT2D eigenvalue weighted by Crippen LogP contribution is 2.39. The molecule has 2 N–H and O–H groups in total. The molecule has 0 aromatic heterocycles. The lowest BCUT2D eigenvalue weighted by Gasteiger charge is -2.14. The average Bonchev–Trinajstić information content (AvgIpc) is 2.68. The van der Waals surface area contributed by atoms with Crippen LogP contribution in [0.1, 0.15) is 0 Å². The van der Waals surface area contributed by atoms with Crippen molar-refractivity contribution in [2.75, 3.05) is 5.73 Å². The van der Waals surface area contributed by atoms with E-state index in [1.165, 1.54) is 43.4 Å². The lowest BCUT2D eigenvalue weighted by Crippen LogP contribution is -1.88. The van der Waals surface area contributed by atoms with E-state index in [1.54, 1.807) is 0 Å². The van der Waals surface area contributed by atoms with Crippen LogP contribution in [-0.4, -0.2) is 0 Å². The van der Waals surface area contributed by atoms with E-state index in [1.807, 2.05) is 12.1 Å². The van der Waals surface area contributed by atoms with Crippen molar-refractivity contribution in [1.29, 1.82) is 0 Å². The van der Waals surface area contributed by atoms with Crippen LogP contribution >= 0.6 is 0 Å². The van der Waals surface area contributed by atoms with E-state index in [2.05, 4.69) is 78.9 Å². The maximum absolute atomic E-state index is 5.88. The topological polar surface area (TPSA) is 26.0 Å². The lowest BCUT2D eigenvalue weighted by atomic mass is 9.89. The third kappa shape index (κ3) is 2.10. The van der Waals surface area contributed by atoms with Crippen molar-refractivity contribution in [3.63, 3.8) is 0 Å². The van der Waals surface area contributed by atoms with Gasteiger partial charge in [0, 0.05) is 5.69 Å². The quantitative estimate of drug-likeness (QED) is 0.281. The van der Waals surface area contributed by atoms with Crippen LogP contribution < -0.4 is 5.73 Å². The first kappa shape index (κ1) is 14.1. The standard InChI is InChI=1S/C24H17N/c25-17-14-12-16(13-15-17)18-10-5-11-23-21-7-2-1-6-19(21)20-8-3-4-9-22(20)24(18)23/h1-15H,25H2. The second-order valence-electron chi connectivity index (χ2n) is 6.44. The van der Waals surface area contributed by atoms with E-state index in [-0.39, 0.29) is 0 Å². The molecule has 5 aromatic rings. The van der Waals surface area contributed by atoms with Crippen molar-refractivity contribution in [2.24, 2.45) is 0 Å². The molecule has 0 radical (unpaired) electrons. The first-order chi connectivity index (χ1) is 12.3. The number of nitrogens with two attached hydrogens (primary N) is 1. The second kappa shape index (κ2) is 5.35. The van der Waals surface area contributed by atoms with Gasteiger partial charge < -0.3 is 5.73 Å². The molecule has 5 aromatic carbocycles. The Labute approximate surface area is 146 Å². The number of hydrogen-bond donors (Lipinski definition) is 1. The molecule has 0 saturated heterocycles. The summed E-state index contributed by atoms with van der Waals surface area (Å²) in [6, 6.07) is 32.1. The van der Waals surface area contributed by atoms with Gasteiger partial charge in [-0.1, -0.05) is 78.9 Å². The van der Waals surface area contributed by atoms with Gasteiger partial charge in [0.25, 0.3) is 0 Å². The van der Waals surface area contributed by atoms with Gasteiger partial charge in [0.15, 0.2) is 0 Å². The monoisotopic (exact) mass is 319 g/mol. The van der Waals surface area contributed by atoms with Gasteiger partial charge in [-0.15, -0.1) is 0 Å². The van der Waals surface area contributed by atoms with Gasteiger partial charge in [-0.05, 0) is 55.6 Å². The normalized spacial score (nSPS) is 11.4. The Hall–Kier alpha value is -3.32. The molecule has 5 rings (SSSR count). The number of nitrogen functional groups attached to an aromatic ring is 1. The summed E-state index contributed by atoms with van der Waals surface area (Å²) in [7, 11) is 0. The molecule has 0 spiro atoms. The van der Waals surface area contributed by atoms with Crippen LogP contribution in [0.4, 0.5) is 5.69 Å². The molecule has 0 heterocycles. The van der Waals surface area contributed by atoms with E-state index in [0.29, 0.717) is 0 Å². The van der Waals surface area contributed by atoms with Crippen molar-refractivity contribution < 1.29 is 0 Å². The highest BCUT2D eigenvalue weighted by atomic mass is 14.5. The molecule has 1 nitrogen and oxygen atoms in total. The Morgan fingerprint density at radius 2 is 0.920 bits per heavy atom. The lowest BCUT2D eigenvalue weighted by molar-refractivity contribution is 1.65. The largest absolute Gasteiger partial charge is 0.399 e. The van der Waals surface area contributed by atoms with Crippen molar-refractivity contribution in [2.45, 2.75) is 0 Å². The van der Waals surface area contributed by atoms with Gasteiger partial charge >= 0.3 is 0 Å². The third-order valence-electron chi connectivity index (χ3n) is 4.99. The molecule has 0 aliphatic carbocycles. The summed E-state index contributed by atoms with van der Waals surface area (Å²) in [6.07, 6.45) is 0. The molecule has 0 bridgehead atoms. The Bertz CT molecular complexity index is 1190. The highest BCUT2D eigenvalue weighted by molar-refractivity contribution is 6.28. The van der Waals surface area contributed by atoms with Gasteiger partial charge in [-0.2, -0.15) is 0 Å². The van der Waals surface area contributed by atoms with Crippen LogP contribution in [0, 0.1) is 0 Å². The summed E-state index contributed by atoms with van der Waals surface area (Å²) < 4.78 is 0. The zero-order chi connectivity index (χ0) is 16.8. The zero-order valence-corrected chi connectivity index (χ0v) is 13.7. The predicted molar refractivity (Wildman–Crippen MR) is 109 cm³/mol. The fourth-order valence-electron chi connectivity index (χ4n) is 3.86. The van der Waals surface area contributed by atoms with Crippen LogP contribution in [0.25, 0.3) is 43.4 Å². The van der Waals surface area contributed by atoms with Crippen molar-refractivity contribution in [3.05, 3.63) is 91.0 Å². The Balaban J connectivity index is 2.03. The van der Waals surface area contributed by atoms with E-state index in [4.69, 9.17) is 5.73 Å².